The van der Waals surface area contributed by atoms with Crippen molar-refractivity contribution in [1.29, 1.82) is 0 Å². The van der Waals surface area contributed by atoms with E-state index in [9.17, 15) is 40.5 Å². The van der Waals surface area contributed by atoms with Gasteiger partial charge < -0.3 is 60.2 Å². The highest BCUT2D eigenvalue weighted by molar-refractivity contribution is 5.57. The minimum atomic E-state index is -3.19. The maximum absolute atomic E-state index is 11.1. The molecule has 1 unspecified atom stereocenters. The van der Waals surface area contributed by atoms with Crippen molar-refractivity contribution in [1.82, 2.24) is 0 Å². The molecule has 2 aliphatic heterocycles. The third kappa shape index (κ3) is 3.74. The lowest BCUT2D eigenvalue weighted by atomic mass is 9.97. The van der Waals surface area contributed by atoms with Crippen LogP contribution in [0.1, 0.15) is 0 Å². The number of rotatable bonds is 6. The lowest BCUT2D eigenvalue weighted by molar-refractivity contribution is -0.498. The van der Waals surface area contributed by atoms with Gasteiger partial charge in [-0.15, -0.1) is 0 Å². The van der Waals surface area contributed by atoms with Gasteiger partial charge in [0.2, 0.25) is 5.79 Å². The summed E-state index contributed by atoms with van der Waals surface area (Å²) in [5, 5.41) is 86.9. The van der Waals surface area contributed by atoms with Gasteiger partial charge in [-0.3, -0.25) is 4.74 Å². The van der Waals surface area contributed by atoms with Crippen molar-refractivity contribution in [2.75, 3.05) is 19.8 Å². The van der Waals surface area contributed by atoms with Crippen molar-refractivity contribution in [3.8, 4) is 0 Å². The Morgan fingerprint density at radius 3 is 1.85 bits per heavy atom. The van der Waals surface area contributed by atoms with E-state index in [1.807, 2.05) is 0 Å². The average Bonchev–Trinajstić information content (AvgIpc) is 2.87. The van der Waals surface area contributed by atoms with E-state index >= 15 is 0 Å². The van der Waals surface area contributed by atoms with Crippen LogP contribution in [0, 0.1) is 0 Å². The molecule has 2 heterocycles. The van der Waals surface area contributed by atoms with Crippen LogP contribution in [0.5, 0.6) is 0 Å². The second kappa shape index (κ2) is 8.06. The Labute approximate surface area is 151 Å². The zero-order valence-electron chi connectivity index (χ0n) is 13.7. The van der Waals surface area contributed by atoms with Gasteiger partial charge in [0.15, 0.2) is 6.10 Å². The standard InChI is InChI=1S/C13H22O14/c14-1-4-6(17)8(19)10(21)13(25-4,26-11(22)23)27-12(3-16)9(20)7(18)5(2-15)24-12/h4-10,14-21H,1-3H2,(H,22,23)/t4-,5-,6-,7-,8+,9+,10-,12?,13+/m1/s1. The van der Waals surface area contributed by atoms with Crippen LogP contribution in [0.2, 0.25) is 0 Å². The largest absolute Gasteiger partial charge is 0.510 e. The van der Waals surface area contributed by atoms with Crippen LogP contribution in [0.25, 0.3) is 0 Å². The number of carbonyl (C=O) groups is 1. The smallest absolute Gasteiger partial charge is 0.450 e. The highest BCUT2D eigenvalue weighted by atomic mass is 16.9. The van der Waals surface area contributed by atoms with Crippen LogP contribution in [0.3, 0.4) is 0 Å². The summed E-state index contributed by atoms with van der Waals surface area (Å²) in [6, 6.07) is 0. The van der Waals surface area contributed by atoms with Crippen LogP contribution in [-0.4, -0.2) is 126 Å². The molecule has 158 valence electrons. The molecule has 14 nitrogen and oxygen atoms in total. The minimum Gasteiger partial charge on any atom is -0.450 e. The summed E-state index contributed by atoms with van der Waals surface area (Å²) in [7, 11) is 0. The molecule has 9 N–H and O–H groups in total. The van der Waals surface area contributed by atoms with Gasteiger partial charge >= 0.3 is 12.1 Å². The van der Waals surface area contributed by atoms with E-state index in [1.54, 1.807) is 0 Å². The maximum Gasteiger partial charge on any atom is 0.510 e. The molecule has 0 aromatic heterocycles. The molecule has 9 atom stereocenters. The van der Waals surface area contributed by atoms with Crippen LogP contribution >= 0.6 is 0 Å². The van der Waals surface area contributed by atoms with Gasteiger partial charge in [0.05, 0.1) is 13.2 Å². The Balaban J connectivity index is 2.45. The molecule has 0 aromatic rings. The Hall–Kier alpha value is -1.17. The monoisotopic (exact) mass is 402 g/mol. The van der Waals surface area contributed by atoms with Crippen molar-refractivity contribution < 1.29 is 69.7 Å². The molecule has 0 spiro atoms. The first-order valence-electron chi connectivity index (χ1n) is 7.78. The number of aliphatic hydroxyl groups excluding tert-OH is 8. The Kier molecular flexibility index (Phi) is 6.60. The average molecular weight is 402 g/mol. The first kappa shape index (κ1) is 22.1. The molecule has 0 radical (unpaired) electrons. The molecule has 2 aliphatic rings. The van der Waals surface area contributed by atoms with Gasteiger partial charge in [0.1, 0.15) is 43.2 Å². The normalized spacial score (nSPS) is 47.8. The number of aliphatic hydroxyl groups is 8. The summed E-state index contributed by atoms with van der Waals surface area (Å²) in [4.78, 5) is 11.1. The summed E-state index contributed by atoms with van der Waals surface area (Å²) < 4.78 is 19.5. The summed E-state index contributed by atoms with van der Waals surface area (Å²) in [5.74, 6) is -5.85. The number of hydrogen-bond acceptors (Lipinski definition) is 13. The fraction of sp³-hybridized carbons (Fsp3) is 0.923. The first-order valence-corrected chi connectivity index (χ1v) is 7.78. The molecule has 0 amide bonds. The topological polar surface area (TPSA) is 236 Å². The molecule has 2 saturated heterocycles. The van der Waals surface area contributed by atoms with Crippen molar-refractivity contribution in [2.24, 2.45) is 0 Å². The zero-order chi connectivity index (χ0) is 20.6. The molecule has 0 aliphatic carbocycles. The summed E-state index contributed by atoms with van der Waals surface area (Å²) >= 11 is 0. The highest BCUT2D eigenvalue weighted by Crippen LogP contribution is 2.41. The van der Waals surface area contributed by atoms with E-state index < -0.39 is 80.5 Å². The van der Waals surface area contributed by atoms with E-state index in [4.69, 9.17) is 24.4 Å². The van der Waals surface area contributed by atoms with Crippen LogP contribution in [0.15, 0.2) is 0 Å². The second-order valence-electron chi connectivity index (χ2n) is 6.08. The van der Waals surface area contributed by atoms with Crippen molar-refractivity contribution in [3.63, 3.8) is 0 Å². The highest BCUT2D eigenvalue weighted by Gasteiger charge is 2.65. The predicted molar refractivity (Wildman–Crippen MR) is 76.7 cm³/mol. The van der Waals surface area contributed by atoms with Crippen molar-refractivity contribution in [3.05, 3.63) is 0 Å². The second-order valence-corrected chi connectivity index (χ2v) is 6.08. The van der Waals surface area contributed by atoms with Gasteiger partial charge in [0, 0.05) is 0 Å². The molecule has 27 heavy (non-hydrogen) atoms. The van der Waals surface area contributed by atoms with Crippen molar-refractivity contribution >= 4 is 6.16 Å². The van der Waals surface area contributed by atoms with Gasteiger partial charge in [-0.2, -0.15) is 0 Å². The van der Waals surface area contributed by atoms with Crippen LogP contribution < -0.4 is 0 Å². The fourth-order valence-corrected chi connectivity index (χ4v) is 2.92. The van der Waals surface area contributed by atoms with Gasteiger partial charge in [-0.05, 0) is 0 Å². The van der Waals surface area contributed by atoms with E-state index in [-0.39, 0.29) is 0 Å². The van der Waals surface area contributed by atoms with E-state index in [1.165, 1.54) is 0 Å². The quantitative estimate of drug-likeness (QED) is 0.149. The maximum atomic E-state index is 11.1. The molecule has 0 bridgehead atoms. The van der Waals surface area contributed by atoms with E-state index in [0.29, 0.717) is 0 Å². The lowest BCUT2D eigenvalue weighted by Gasteiger charge is -2.48. The SMILES string of the molecule is O=C(O)O[C@@]1(OC2(CO)O[C@H](CO)[C@@H](O)[C@@H]2O)O[C@H](CO)[C@@H](O)[C@H](O)[C@H]1O. The first-order chi connectivity index (χ1) is 12.6. The number of hydrogen-bond donors (Lipinski definition) is 9. The molecular formula is C13H22O14. The summed E-state index contributed by atoms with van der Waals surface area (Å²) in [6.45, 7) is -3.05. The third-order valence-corrected chi connectivity index (χ3v) is 4.36. The number of carboxylic acid groups (broad SMARTS) is 1. The Morgan fingerprint density at radius 2 is 1.41 bits per heavy atom. The van der Waals surface area contributed by atoms with Crippen molar-refractivity contribution in [2.45, 2.75) is 54.5 Å². The third-order valence-electron chi connectivity index (χ3n) is 4.36. The summed E-state index contributed by atoms with van der Waals surface area (Å²) in [6.07, 6.45) is -15.6. The van der Waals surface area contributed by atoms with Gasteiger partial charge in [-0.25, -0.2) is 4.79 Å². The molecule has 0 aromatic carbocycles. The van der Waals surface area contributed by atoms with Gasteiger partial charge in [0.25, 0.3) is 0 Å². The summed E-state index contributed by atoms with van der Waals surface area (Å²) in [5.41, 5.74) is 0. The predicted octanol–water partition coefficient (Wildman–Crippen LogP) is -5.37. The Bertz CT molecular complexity index is 529. The minimum absolute atomic E-state index is 0.833. The molecule has 0 saturated carbocycles. The van der Waals surface area contributed by atoms with Crippen LogP contribution in [0.4, 0.5) is 4.79 Å². The number of ether oxygens (including phenoxy) is 4. The van der Waals surface area contributed by atoms with Gasteiger partial charge in [-0.1, -0.05) is 0 Å². The van der Waals surface area contributed by atoms with Crippen LogP contribution in [-0.2, 0) is 18.9 Å². The molecule has 2 fully saturated rings. The molecule has 14 heteroatoms. The molecule has 2 rings (SSSR count). The lowest BCUT2D eigenvalue weighted by Crippen LogP contribution is -2.70. The van der Waals surface area contributed by atoms with E-state index in [2.05, 4.69) is 4.74 Å². The molecular weight excluding hydrogens is 380 g/mol. The fourth-order valence-electron chi connectivity index (χ4n) is 2.92. The van der Waals surface area contributed by atoms with E-state index in [0.717, 1.165) is 0 Å². The Morgan fingerprint density at radius 1 is 0.852 bits per heavy atom. The zero-order valence-corrected chi connectivity index (χ0v) is 13.7.